The van der Waals surface area contributed by atoms with Crippen molar-refractivity contribution in [3.8, 4) is 0 Å². The van der Waals surface area contributed by atoms with Crippen LogP contribution in [0.2, 0.25) is 4.34 Å². The number of nitrogens with one attached hydrogen (secondary N) is 2. The standard InChI is InChI=1S/C13H22ClN3S.HI/c1-4-10(3)17-13(15-5-2)16-9-8-11-6-7-12(14)18-11;/h6-7,10H,4-5,8-9H2,1-3H3,(H2,15,16,17);1H. The van der Waals surface area contributed by atoms with Crippen LogP contribution in [-0.4, -0.2) is 25.1 Å². The molecular weight excluding hydrogens is 393 g/mol. The molecule has 0 aliphatic carbocycles. The monoisotopic (exact) mass is 415 g/mol. The van der Waals surface area contributed by atoms with E-state index in [0.29, 0.717) is 6.04 Å². The van der Waals surface area contributed by atoms with Crippen LogP contribution in [0.15, 0.2) is 17.1 Å². The Labute approximate surface area is 142 Å². The van der Waals surface area contributed by atoms with E-state index in [4.69, 9.17) is 11.6 Å². The molecule has 3 nitrogen and oxygen atoms in total. The first-order valence-corrected chi connectivity index (χ1v) is 7.64. The molecule has 110 valence electrons. The summed E-state index contributed by atoms with van der Waals surface area (Å²) in [5.74, 6) is 0.898. The van der Waals surface area contributed by atoms with E-state index in [1.165, 1.54) is 4.88 Å². The number of guanidine groups is 1. The van der Waals surface area contributed by atoms with E-state index < -0.39 is 0 Å². The molecule has 19 heavy (non-hydrogen) atoms. The van der Waals surface area contributed by atoms with Crippen LogP contribution in [-0.2, 0) is 6.42 Å². The van der Waals surface area contributed by atoms with E-state index >= 15 is 0 Å². The minimum atomic E-state index is 0. The molecule has 1 aromatic heterocycles. The first-order chi connectivity index (χ1) is 8.65. The highest BCUT2D eigenvalue weighted by atomic mass is 127. The number of rotatable bonds is 6. The molecule has 6 heteroatoms. The Morgan fingerprint density at radius 3 is 2.68 bits per heavy atom. The highest BCUT2D eigenvalue weighted by molar-refractivity contribution is 14.0. The van der Waals surface area contributed by atoms with Crippen molar-refractivity contribution in [2.75, 3.05) is 13.1 Å². The van der Waals surface area contributed by atoms with Crippen molar-refractivity contribution < 1.29 is 0 Å². The molecule has 1 unspecified atom stereocenters. The third-order valence-corrected chi connectivity index (χ3v) is 3.89. The average Bonchev–Trinajstić information content (AvgIpc) is 2.75. The van der Waals surface area contributed by atoms with Gasteiger partial charge in [-0.25, -0.2) is 0 Å². The Bertz CT molecular complexity index is 382. The summed E-state index contributed by atoms with van der Waals surface area (Å²) in [4.78, 5) is 5.84. The van der Waals surface area contributed by atoms with Crippen LogP contribution in [0.5, 0.6) is 0 Å². The predicted molar refractivity (Wildman–Crippen MR) is 97.3 cm³/mol. The number of aliphatic imine (C=N–C) groups is 1. The maximum atomic E-state index is 5.90. The van der Waals surface area contributed by atoms with E-state index in [9.17, 15) is 0 Å². The van der Waals surface area contributed by atoms with E-state index in [-0.39, 0.29) is 24.0 Å². The molecule has 2 N–H and O–H groups in total. The molecule has 0 aromatic carbocycles. The lowest BCUT2D eigenvalue weighted by atomic mass is 10.3. The van der Waals surface area contributed by atoms with Crippen molar-refractivity contribution in [1.82, 2.24) is 10.6 Å². The highest BCUT2D eigenvalue weighted by Crippen LogP contribution is 2.21. The lowest BCUT2D eigenvalue weighted by molar-refractivity contribution is 0.624. The Balaban J connectivity index is 0.00000324. The fraction of sp³-hybridized carbons (Fsp3) is 0.615. The average molecular weight is 416 g/mol. The quantitative estimate of drug-likeness (QED) is 0.420. The molecule has 1 rings (SSSR count). The van der Waals surface area contributed by atoms with Gasteiger partial charge in [0, 0.05) is 30.4 Å². The lowest BCUT2D eigenvalue weighted by Crippen LogP contribution is -2.42. The van der Waals surface area contributed by atoms with Crippen LogP contribution in [0.1, 0.15) is 32.1 Å². The van der Waals surface area contributed by atoms with Crippen molar-refractivity contribution in [3.63, 3.8) is 0 Å². The summed E-state index contributed by atoms with van der Waals surface area (Å²) in [6.07, 6.45) is 2.03. The molecule has 0 aliphatic heterocycles. The summed E-state index contributed by atoms with van der Waals surface area (Å²) in [5, 5.41) is 6.63. The van der Waals surface area contributed by atoms with Gasteiger partial charge in [0.1, 0.15) is 0 Å². The second kappa shape index (κ2) is 10.7. The summed E-state index contributed by atoms with van der Waals surface area (Å²) >= 11 is 7.52. The molecular formula is C13H23ClIN3S. The molecule has 1 atom stereocenters. The van der Waals surface area contributed by atoms with Gasteiger partial charge in [-0.15, -0.1) is 35.3 Å². The van der Waals surface area contributed by atoms with Gasteiger partial charge in [0.05, 0.1) is 4.34 Å². The van der Waals surface area contributed by atoms with Gasteiger partial charge >= 0.3 is 0 Å². The molecule has 1 heterocycles. The van der Waals surface area contributed by atoms with Crippen LogP contribution in [0.4, 0.5) is 0 Å². The number of thiophene rings is 1. The first kappa shape index (κ1) is 19.0. The van der Waals surface area contributed by atoms with Crippen LogP contribution < -0.4 is 10.6 Å². The van der Waals surface area contributed by atoms with Crippen LogP contribution >= 0.6 is 46.9 Å². The van der Waals surface area contributed by atoms with Crippen molar-refractivity contribution in [3.05, 3.63) is 21.3 Å². The van der Waals surface area contributed by atoms with Gasteiger partial charge in [0.15, 0.2) is 5.96 Å². The molecule has 0 aliphatic rings. The first-order valence-electron chi connectivity index (χ1n) is 6.44. The van der Waals surface area contributed by atoms with Gasteiger partial charge in [0.2, 0.25) is 0 Å². The van der Waals surface area contributed by atoms with Gasteiger partial charge in [-0.1, -0.05) is 18.5 Å². The number of halogens is 2. The molecule has 0 fully saturated rings. The van der Waals surface area contributed by atoms with Gasteiger partial charge in [-0.3, -0.25) is 4.99 Å². The summed E-state index contributed by atoms with van der Waals surface area (Å²) in [5.41, 5.74) is 0. The summed E-state index contributed by atoms with van der Waals surface area (Å²) in [6, 6.07) is 4.45. The summed E-state index contributed by atoms with van der Waals surface area (Å²) in [6.45, 7) is 8.06. The maximum Gasteiger partial charge on any atom is 0.191 e. The normalized spacial score (nSPS) is 12.7. The topological polar surface area (TPSA) is 36.4 Å². The molecule has 0 spiro atoms. The SMILES string of the molecule is CCNC(=NCCc1ccc(Cl)s1)NC(C)CC.I. The van der Waals surface area contributed by atoms with Crippen molar-refractivity contribution in [2.24, 2.45) is 4.99 Å². The van der Waals surface area contributed by atoms with E-state index in [2.05, 4.69) is 42.5 Å². The van der Waals surface area contributed by atoms with Gasteiger partial charge < -0.3 is 10.6 Å². The van der Waals surface area contributed by atoms with Crippen molar-refractivity contribution in [2.45, 2.75) is 39.7 Å². The van der Waals surface area contributed by atoms with Gasteiger partial charge in [-0.2, -0.15) is 0 Å². The second-order valence-electron chi connectivity index (χ2n) is 4.17. The van der Waals surface area contributed by atoms with E-state index in [1.807, 2.05) is 6.07 Å². The Kier molecular flexibility index (Phi) is 10.7. The summed E-state index contributed by atoms with van der Waals surface area (Å²) < 4.78 is 0.846. The van der Waals surface area contributed by atoms with Crippen molar-refractivity contribution in [1.29, 1.82) is 0 Å². The fourth-order valence-electron chi connectivity index (χ4n) is 1.42. The minimum Gasteiger partial charge on any atom is -0.357 e. The van der Waals surface area contributed by atoms with Crippen LogP contribution in [0.3, 0.4) is 0 Å². The zero-order valence-corrected chi connectivity index (χ0v) is 15.6. The Morgan fingerprint density at radius 2 is 2.16 bits per heavy atom. The third-order valence-electron chi connectivity index (χ3n) is 2.60. The van der Waals surface area contributed by atoms with Crippen LogP contribution in [0.25, 0.3) is 0 Å². The van der Waals surface area contributed by atoms with Crippen molar-refractivity contribution >= 4 is 52.9 Å². The van der Waals surface area contributed by atoms with Gasteiger partial charge in [-0.05, 0) is 32.4 Å². The molecule has 0 amide bonds. The predicted octanol–water partition coefficient (Wildman–Crippen LogP) is 3.92. The highest BCUT2D eigenvalue weighted by Gasteiger charge is 2.02. The molecule has 0 radical (unpaired) electrons. The maximum absolute atomic E-state index is 5.90. The largest absolute Gasteiger partial charge is 0.357 e. The molecule has 1 aromatic rings. The van der Waals surface area contributed by atoms with E-state index in [0.717, 1.165) is 36.2 Å². The minimum absolute atomic E-state index is 0. The smallest absolute Gasteiger partial charge is 0.191 e. The number of hydrogen-bond acceptors (Lipinski definition) is 2. The third kappa shape index (κ3) is 7.99. The number of nitrogens with zero attached hydrogens (tertiary/aromatic N) is 1. The molecule has 0 saturated heterocycles. The lowest BCUT2D eigenvalue weighted by Gasteiger charge is -2.16. The zero-order chi connectivity index (χ0) is 13.4. The molecule has 0 saturated carbocycles. The van der Waals surface area contributed by atoms with Crippen LogP contribution in [0, 0.1) is 0 Å². The molecule has 0 bridgehead atoms. The summed E-state index contributed by atoms with van der Waals surface area (Å²) in [7, 11) is 0. The number of hydrogen-bond donors (Lipinski definition) is 2. The zero-order valence-electron chi connectivity index (χ0n) is 11.7. The van der Waals surface area contributed by atoms with Gasteiger partial charge in [0.25, 0.3) is 0 Å². The Hall–Kier alpha value is -0.0100. The fourth-order valence-corrected chi connectivity index (χ4v) is 2.50. The second-order valence-corrected chi connectivity index (χ2v) is 5.97. The Morgan fingerprint density at radius 1 is 1.42 bits per heavy atom. The van der Waals surface area contributed by atoms with E-state index in [1.54, 1.807) is 11.3 Å².